The van der Waals surface area contributed by atoms with Gasteiger partial charge in [0.15, 0.2) is 11.6 Å². The molecule has 2 aromatic rings. The molecule has 0 radical (unpaired) electrons. The lowest BCUT2D eigenvalue weighted by molar-refractivity contribution is 0.171. The van der Waals surface area contributed by atoms with E-state index < -0.39 is 11.6 Å². The van der Waals surface area contributed by atoms with Gasteiger partial charge in [0.1, 0.15) is 5.82 Å². The van der Waals surface area contributed by atoms with E-state index in [0.29, 0.717) is 11.5 Å². The number of hydrogen-bond acceptors (Lipinski definition) is 0. The highest BCUT2D eigenvalue weighted by molar-refractivity contribution is 5.67. The molecule has 186 valence electrons. The number of rotatable bonds is 5. The van der Waals surface area contributed by atoms with Crippen LogP contribution in [0.25, 0.3) is 5.57 Å². The van der Waals surface area contributed by atoms with Gasteiger partial charge in [-0.1, -0.05) is 30.4 Å². The van der Waals surface area contributed by atoms with E-state index in [9.17, 15) is 8.78 Å². The summed E-state index contributed by atoms with van der Waals surface area (Å²) in [6, 6.07) is 10.0. The Morgan fingerprint density at radius 3 is 1.89 bits per heavy atom. The molecule has 0 saturated heterocycles. The molecule has 0 spiro atoms. The fourth-order valence-electron chi connectivity index (χ4n) is 6.97. The van der Waals surface area contributed by atoms with Crippen LogP contribution in [0.5, 0.6) is 0 Å². The molecule has 3 aliphatic carbocycles. The summed E-state index contributed by atoms with van der Waals surface area (Å²) in [6.07, 6.45) is 16.7. The van der Waals surface area contributed by atoms with Crippen LogP contribution in [0.3, 0.4) is 0 Å². The first-order valence-electron chi connectivity index (χ1n) is 13.6. The van der Waals surface area contributed by atoms with Crippen LogP contribution in [0.4, 0.5) is 13.2 Å². The minimum Gasteiger partial charge on any atom is -0.206 e. The summed E-state index contributed by atoms with van der Waals surface area (Å²) in [5, 5.41) is 0. The van der Waals surface area contributed by atoms with Crippen molar-refractivity contribution >= 4 is 5.57 Å². The van der Waals surface area contributed by atoms with Gasteiger partial charge in [-0.3, -0.25) is 0 Å². The maximum atomic E-state index is 15.2. The smallest absolute Gasteiger partial charge is 0.159 e. The molecule has 1 unspecified atom stereocenters. The molecule has 0 heterocycles. The highest BCUT2D eigenvalue weighted by atomic mass is 19.2. The van der Waals surface area contributed by atoms with E-state index in [0.717, 1.165) is 53.7 Å². The van der Waals surface area contributed by atoms with Gasteiger partial charge in [-0.05, 0) is 135 Å². The van der Waals surface area contributed by atoms with Crippen LogP contribution in [-0.2, 0) is 0 Å². The first-order valence-corrected chi connectivity index (χ1v) is 13.6. The predicted molar refractivity (Wildman–Crippen MR) is 138 cm³/mol. The van der Waals surface area contributed by atoms with Gasteiger partial charge in [-0.2, -0.15) is 0 Å². The Balaban J connectivity index is 1.18. The topological polar surface area (TPSA) is 0 Å². The Labute approximate surface area is 208 Å². The average Bonchev–Trinajstić information content (AvgIpc) is 2.90. The normalized spacial score (nSPS) is 29.5. The fraction of sp³-hybridized carbons (Fsp3) is 0.500. The van der Waals surface area contributed by atoms with Crippen LogP contribution >= 0.6 is 0 Å². The maximum absolute atomic E-state index is 15.2. The van der Waals surface area contributed by atoms with E-state index in [4.69, 9.17) is 0 Å². The summed E-state index contributed by atoms with van der Waals surface area (Å²) in [5.74, 6) is 1.33. The third kappa shape index (κ3) is 5.44. The molecule has 0 bridgehead atoms. The molecule has 5 rings (SSSR count). The molecular formula is C32H37F3. The van der Waals surface area contributed by atoms with Crippen molar-refractivity contribution in [3.8, 4) is 0 Å². The summed E-state index contributed by atoms with van der Waals surface area (Å²) in [5.41, 5.74) is 3.70. The summed E-state index contributed by atoms with van der Waals surface area (Å²) in [4.78, 5) is 0. The van der Waals surface area contributed by atoms with E-state index in [1.165, 1.54) is 63.5 Å². The minimum absolute atomic E-state index is 0.120. The Hall–Kier alpha value is -2.29. The zero-order valence-electron chi connectivity index (χ0n) is 20.6. The molecule has 0 N–H and O–H groups in total. The van der Waals surface area contributed by atoms with Gasteiger partial charge in [-0.25, -0.2) is 13.2 Å². The van der Waals surface area contributed by atoms with Gasteiger partial charge in [0.2, 0.25) is 0 Å². The summed E-state index contributed by atoms with van der Waals surface area (Å²) < 4.78 is 42.1. The molecule has 3 aliphatic rings. The van der Waals surface area contributed by atoms with Gasteiger partial charge >= 0.3 is 0 Å². The van der Waals surface area contributed by atoms with Crippen molar-refractivity contribution in [1.29, 1.82) is 0 Å². The molecule has 0 aromatic heterocycles. The quantitative estimate of drug-likeness (QED) is 0.375. The van der Waals surface area contributed by atoms with E-state index in [1.54, 1.807) is 12.1 Å². The SMILES string of the molecule is C=CC1CCC(C2CCC(c3ccc(C4=CCC(c5ccc(F)c(F)c5)CC4)c(F)c3)CC2)CC1. The molecule has 2 aromatic carbocycles. The van der Waals surface area contributed by atoms with Crippen LogP contribution in [-0.4, -0.2) is 0 Å². The second-order valence-electron chi connectivity index (χ2n) is 11.1. The Morgan fingerprint density at radius 1 is 0.657 bits per heavy atom. The molecule has 0 aliphatic heterocycles. The number of allylic oxidation sites excluding steroid dienone is 3. The molecule has 2 saturated carbocycles. The number of halogens is 3. The van der Waals surface area contributed by atoms with Crippen molar-refractivity contribution in [2.75, 3.05) is 0 Å². The van der Waals surface area contributed by atoms with Crippen molar-refractivity contribution in [3.63, 3.8) is 0 Å². The molecule has 3 heteroatoms. The van der Waals surface area contributed by atoms with Crippen LogP contribution in [0.1, 0.15) is 99.2 Å². The lowest BCUT2D eigenvalue weighted by atomic mass is 9.68. The van der Waals surface area contributed by atoms with Crippen molar-refractivity contribution in [3.05, 3.63) is 89.3 Å². The van der Waals surface area contributed by atoms with Gasteiger partial charge in [0.25, 0.3) is 0 Å². The predicted octanol–water partition coefficient (Wildman–Crippen LogP) is 9.72. The van der Waals surface area contributed by atoms with Crippen molar-refractivity contribution in [1.82, 2.24) is 0 Å². The molecular weight excluding hydrogens is 441 g/mol. The Kier molecular flexibility index (Phi) is 7.51. The summed E-state index contributed by atoms with van der Waals surface area (Å²) >= 11 is 0. The van der Waals surface area contributed by atoms with Gasteiger partial charge in [0, 0.05) is 5.56 Å². The first kappa shape index (κ1) is 24.4. The fourth-order valence-corrected chi connectivity index (χ4v) is 6.97. The molecule has 35 heavy (non-hydrogen) atoms. The second kappa shape index (κ2) is 10.8. The summed E-state index contributed by atoms with van der Waals surface area (Å²) in [6.45, 7) is 3.97. The van der Waals surface area contributed by atoms with E-state index in [1.807, 2.05) is 6.07 Å². The highest BCUT2D eigenvalue weighted by Gasteiger charge is 2.31. The minimum atomic E-state index is -0.813. The van der Waals surface area contributed by atoms with Gasteiger partial charge < -0.3 is 0 Å². The maximum Gasteiger partial charge on any atom is 0.159 e. The number of benzene rings is 2. The largest absolute Gasteiger partial charge is 0.206 e. The third-order valence-electron chi connectivity index (χ3n) is 9.22. The molecule has 1 atom stereocenters. The second-order valence-corrected chi connectivity index (χ2v) is 11.1. The zero-order chi connectivity index (χ0) is 24.4. The summed E-state index contributed by atoms with van der Waals surface area (Å²) in [7, 11) is 0. The first-order chi connectivity index (χ1) is 17.0. The average molecular weight is 479 g/mol. The number of hydrogen-bond donors (Lipinski definition) is 0. The lowest BCUT2D eigenvalue weighted by Crippen LogP contribution is -2.25. The van der Waals surface area contributed by atoms with Crippen LogP contribution in [0.2, 0.25) is 0 Å². The highest BCUT2D eigenvalue weighted by Crippen LogP contribution is 2.45. The van der Waals surface area contributed by atoms with Crippen molar-refractivity contribution in [2.45, 2.75) is 82.5 Å². The van der Waals surface area contributed by atoms with Crippen LogP contribution in [0, 0.1) is 35.2 Å². The van der Waals surface area contributed by atoms with Crippen LogP contribution < -0.4 is 0 Å². The van der Waals surface area contributed by atoms with Gasteiger partial charge in [-0.15, -0.1) is 6.58 Å². The van der Waals surface area contributed by atoms with E-state index >= 15 is 4.39 Å². The third-order valence-corrected chi connectivity index (χ3v) is 9.22. The molecule has 0 amide bonds. The zero-order valence-corrected chi connectivity index (χ0v) is 20.6. The van der Waals surface area contributed by atoms with E-state index in [2.05, 4.69) is 24.8 Å². The Morgan fingerprint density at radius 2 is 1.29 bits per heavy atom. The monoisotopic (exact) mass is 478 g/mol. The van der Waals surface area contributed by atoms with Crippen LogP contribution in [0.15, 0.2) is 55.1 Å². The molecule has 0 nitrogen and oxygen atoms in total. The van der Waals surface area contributed by atoms with E-state index in [-0.39, 0.29) is 11.7 Å². The van der Waals surface area contributed by atoms with Gasteiger partial charge in [0.05, 0.1) is 0 Å². The van der Waals surface area contributed by atoms with Crippen molar-refractivity contribution in [2.24, 2.45) is 17.8 Å². The molecule has 2 fully saturated rings. The standard InChI is InChI=1S/C32H37F3/c1-2-21-3-5-22(6-4-21)23-7-9-24(10-8-23)27-15-17-29(31(34)19-27)26-13-11-25(12-14-26)28-16-18-30(33)32(35)20-28/h2,13,15-25H,1,3-12,14H2. The van der Waals surface area contributed by atoms with Crippen molar-refractivity contribution < 1.29 is 13.2 Å². The Bertz CT molecular complexity index is 1070. The lowest BCUT2D eigenvalue weighted by Gasteiger charge is -2.37.